The van der Waals surface area contributed by atoms with Crippen LogP contribution in [0.1, 0.15) is 16.1 Å². The van der Waals surface area contributed by atoms with Crippen LogP contribution in [0.3, 0.4) is 0 Å². The highest BCUT2D eigenvalue weighted by Gasteiger charge is 2.12. The molecule has 0 unspecified atom stereocenters. The van der Waals surface area contributed by atoms with E-state index in [0.29, 0.717) is 18.9 Å². The molecule has 5 nitrogen and oxygen atoms in total. The van der Waals surface area contributed by atoms with E-state index < -0.39 is 0 Å². The summed E-state index contributed by atoms with van der Waals surface area (Å²) in [6.45, 7) is 3.04. The molecule has 1 N–H and O–H groups in total. The minimum absolute atomic E-state index is 0.211. The number of nitrogens with one attached hydrogen (secondary N) is 1. The summed E-state index contributed by atoms with van der Waals surface area (Å²) in [6, 6.07) is 15.3. The lowest BCUT2D eigenvalue weighted by Gasteiger charge is -2.05. The van der Waals surface area contributed by atoms with Crippen LogP contribution in [0.25, 0.3) is 10.6 Å². The van der Waals surface area contributed by atoms with E-state index in [-0.39, 0.29) is 5.91 Å². The summed E-state index contributed by atoms with van der Waals surface area (Å²) in [5.41, 5.74) is 3.22. The number of aromatic nitrogens is 1. The molecule has 0 saturated heterocycles. The van der Waals surface area contributed by atoms with Crippen LogP contribution >= 0.6 is 11.3 Å². The van der Waals surface area contributed by atoms with E-state index in [4.69, 9.17) is 9.47 Å². The monoisotopic (exact) mass is 368 g/mol. The summed E-state index contributed by atoms with van der Waals surface area (Å²) < 4.78 is 10.5. The Morgan fingerprint density at radius 2 is 1.96 bits per heavy atom. The minimum Gasteiger partial charge on any atom is -0.491 e. The molecular weight excluding hydrogens is 348 g/mol. The van der Waals surface area contributed by atoms with Gasteiger partial charge in [-0.25, -0.2) is 4.98 Å². The fraction of sp³-hybridized carbons (Fsp3) is 0.200. The zero-order valence-corrected chi connectivity index (χ0v) is 15.5. The van der Waals surface area contributed by atoms with Gasteiger partial charge in [0, 0.05) is 23.7 Å². The van der Waals surface area contributed by atoms with E-state index in [0.717, 1.165) is 27.6 Å². The van der Waals surface area contributed by atoms with Crippen LogP contribution in [0.2, 0.25) is 0 Å². The van der Waals surface area contributed by atoms with Crippen molar-refractivity contribution < 1.29 is 14.3 Å². The van der Waals surface area contributed by atoms with Crippen molar-refractivity contribution in [2.75, 3.05) is 25.6 Å². The predicted octanol–water partition coefficient (Wildman–Crippen LogP) is 4.40. The molecule has 1 amide bonds. The number of ether oxygens (including phenoxy) is 2. The SMILES string of the molecule is COCCOc1ccc(-c2nc(C(=O)Nc3cccc(C)c3)cs2)cc1. The molecule has 134 valence electrons. The van der Waals surface area contributed by atoms with Gasteiger partial charge in [0.25, 0.3) is 5.91 Å². The van der Waals surface area contributed by atoms with Gasteiger partial charge in [0.05, 0.1) is 6.61 Å². The van der Waals surface area contributed by atoms with Crippen molar-refractivity contribution in [3.63, 3.8) is 0 Å². The molecule has 0 bridgehead atoms. The van der Waals surface area contributed by atoms with E-state index in [9.17, 15) is 4.79 Å². The number of carbonyl (C=O) groups excluding carboxylic acids is 1. The van der Waals surface area contributed by atoms with Crippen LogP contribution in [0.4, 0.5) is 5.69 Å². The zero-order chi connectivity index (χ0) is 18.4. The lowest BCUT2D eigenvalue weighted by atomic mass is 10.2. The molecule has 1 aromatic heterocycles. The smallest absolute Gasteiger partial charge is 0.275 e. The largest absolute Gasteiger partial charge is 0.491 e. The summed E-state index contributed by atoms with van der Waals surface area (Å²) >= 11 is 1.44. The Hall–Kier alpha value is -2.70. The first kappa shape index (κ1) is 18.1. The molecule has 3 rings (SSSR count). The van der Waals surface area contributed by atoms with E-state index in [1.165, 1.54) is 11.3 Å². The number of hydrogen-bond donors (Lipinski definition) is 1. The van der Waals surface area contributed by atoms with Gasteiger partial charge < -0.3 is 14.8 Å². The molecule has 0 aliphatic heterocycles. The highest BCUT2D eigenvalue weighted by Crippen LogP contribution is 2.26. The number of hydrogen-bond acceptors (Lipinski definition) is 5. The van der Waals surface area contributed by atoms with Gasteiger partial charge in [0.15, 0.2) is 0 Å². The molecule has 0 fully saturated rings. The number of carbonyl (C=O) groups is 1. The van der Waals surface area contributed by atoms with E-state index in [2.05, 4.69) is 10.3 Å². The number of nitrogens with zero attached hydrogens (tertiary/aromatic N) is 1. The average molecular weight is 368 g/mol. The van der Waals surface area contributed by atoms with Crippen LogP contribution < -0.4 is 10.1 Å². The van der Waals surface area contributed by atoms with Crippen molar-refractivity contribution in [3.05, 3.63) is 65.2 Å². The fourth-order valence-corrected chi connectivity index (χ4v) is 3.17. The molecule has 0 atom stereocenters. The molecule has 0 spiro atoms. The highest BCUT2D eigenvalue weighted by molar-refractivity contribution is 7.13. The predicted molar refractivity (Wildman–Crippen MR) is 104 cm³/mol. The number of amides is 1. The fourth-order valence-electron chi connectivity index (χ4n) is 2.37. The number of benzene rings is 2. The van der Waals surface area contributed by atoms with Crippen molar-refractivity contribution in [2.24, 2.45) is 0 Å². The van der Waals surface area contributed by atoms with Gasteiger partial charge in [0.2, 0.25) is 0 Å². The summed E-state index contributed by atoms with van der Waals surface area (Å²) in [5.74, 6) is 0.567. The van der Waals surface area contributed by atoms with Gasteiger partial charge in [-0.05, 0) is 48.9 Å². The number of anilines is 1. The quantitative estimate of drug-likeness (QED) is 0.628. The average Bonchev–Trinajstić information content (AvgIpc) is 3.13. The summed E-state index contributed by atoms with van der Waals surface area (Å²) in [6.07, 6.45) is 0. The Balaban J connectivity index is 1.66. The second-order valence-corrected chi connectivity index (χ2v) is 6.59. The van der Waals surface area contributed by atoms with Gasteiger partial charge in [-0.2, -0.15) is 0 Å². The Morgan fingerprint density at radius 1 is 1.15 bits per heavy atom. The zero-order valence-electron chi connectivity index (χ0n) is 14.7. The lowest BCUT2D eigenvalue weighted by Crippen LogP contribution is -2.12. The first-order chi connectivity index (χ1) is 12.7. The molecule has 0 saturated carbocycles. The number of aryl methyl sites for hydroxylation is 1. The van der Waals surface area contributed by atoms with Crippen LogP contribution in [0.15, 0.2) is 53.9 Å². The molecule has 3 aromatic rings. The second kappa shape index (κ2) is 8.60. The van der Waals surface area contributed by atoms with Crippen LogP contribution in [-0.2, 0) is 4.74 Å². The molecular formula is C20H20N2O3S. The third kappa shape index (κ3) is 4.68. The number of rotatable bonds is 7. The molecule has 1 heterocycles. The summed E-state index contributed by atoms with van der Waals surface area (Å²) in [4.78, 5) is 16.8. The van der Waals surface area contributed by atoms with E-state index >= 15 is 0 Å². The molecule has 6 heteroatoms. The Kier molecular flexibility index (Phi) is 5.99. The van der Waals surface area contributed by atoms with Crippen molar-refractivity contribution in [3.8, 4) is 16.3 Å². The van der Waals surface area contributed by atoms with Crippen molar-refractivity contribution in [2.45, 2.75) is 6.92 Å². The lowest BCUT2D eigenvalue weighted by molar-refractivity contribution is 0.102. The summed E-state index contributed by atoms with van der Waals surface area (Å²) in [5, 5.41) is 5.44. The molecule has 2 aromatic carbocycles. The van der Waals surface area contributed by atoms with E-state index in [1.807, 2.05) is 55.5 Å². The standard InChI is InChI=1S/C20H20N2O3S/c1-14-4-3-5-16(12-14)21-19(23)18-13-26-20(22-18)15-6-8-17(9-7-15)25-11-10-24-2/h3-9,12-13H,10-11H2,1-2H3,(H,21,23). The summed E-state index contributed by atoms with van der Waals surface area (Å²) in [7, 11) is 1.64. The van der Waals surface area contributed by atoms with Crippen molar-refractivity contribution >= 4 is 22.9 Å². The molecule has 0 radical (unpaired) electrons. The van der Waals surface area contributed by atoms with Gasteiger partial charge in [-0.3, -0.25) is 4.79 Å². The maximum absolute atomic E-state index is 12.4. The number of methoxy groups -OCH3 is 1. The van der Waals surface area contributed by atoms with Crippen molar-refractivity contribution in [1.82, 2.24) is 4.98 Å². The normalized spacial score (nSPS) is 10.5. The van der Waals surface area contributed by atoms with E-state index in [1.54, 1.807) is 12.5 Å². The Labute approximate surface area is 156 Å². The molecule has 0 aliphatic rings. The Bertz CT molecular complexity index is 875. The first-order valence-electron chi connectivity index (χ1n) is 8.21. The van der Waals surface area contributed by atoms with Crippen LogP contribution in [0.5, 0.6) is 5.75 Å². The number of thiazole rings is 1. The minimum atomic E-state index is -0.211. The van der Waals surface area contributed by atoms with Crippen molar-refractivity contribution in [1.29, 1.82) is 0 Å². The van der Waals surface area contributed by atoms with Gasteiger partial charge in [-0.15, -0.1) is 11.3 Å². The maximum Gasteiger partial charge on any atom is 0.275 e. The van der Waals surface area contributed by atoms with Gasteiger partial charge >= 0.3 is 0 Å². The van der Waals surface area contributed by atoms with Crippen LogP contribution in [0, 0.1) is 6.92 Å². The molecule has 26 heavy (non-hydrogen) atoms. The highest BCUT2D eigenvalue weighted by atomic mass is 32.1. The first-order valence-corrected chi connectivity index (χ1v) is 9.09. The second-order valence-electron chi connectivity index (χ2n) is 5.73. The Morgan fingerprint density at radius 3 is 2.69 bits per heavy atom. The third-order valence-corrected chi connectivity index (χ3v) is 4.56. The van der Waals surface area contributed by atoms with Gasteiger partial charge in [0.1, 0.15) is 23.1 Å². The van der Waals surface area contributed by atoms with Crippen LogP contribution in [-0.4, -0.2) is 31.2 Å². The van der Waals surface area contributed by atoms with Gasteiger partial charge in [-0.1, -0.05) is 12.1 Å². The topological polar surface area (TPSA) is 60.5 Å². The maximum atomic E-state index is 12.4. The third-order valence-electron chi connectivity index (χ3n) is 3.67. The molecule has 0 aliphatic carbocycles.